The summed E-state index contributed by atoms with van der Waals surface area (Å²) in [5, 5.41) is 0.00410. The van der Waals surface area contributed by atoms with Crippen LogP contribution in [0.3, 0.4) is 0 Å². The Morgan fingerprint density at radius 1 is 0.921 bits per heavy atom. The summed E-state index contributed by atoms with van der Waals surface area (Å²) in [7, 11) is -3.75. The monoisotopic (exact) mass is 529 g/mol. The maximum atomic E-state index is 13.6. The lowest BCUT2D eigenvalue weighted by Crippen LogP contribution is -2.37. The average Bonchev–Trinajstić information content (AvgIpc) is 3.60. The van der Waals surface area contributed by atoms with E-state index in [-0.39, 0.29) is 29.5 Å². The molecule has 2 heterocycles. The van der Waals surface area contributed by atoms with Crippen LogP contribution >= 0.6 is 0 Å². The van der Waals surface area contributed by atoms with Crippen LogP contribution in [0.1, 0.15) is 40.0 Å². The van der Waals surface area contributed by atoms with Crippen LogP contribution in [0.5, 0.6) is 0 Å². The third kappa shape index (κ3) is 6.20. The van der Waals surface area contributed by atoms with E-state index in [0.717, 1.165) is 18.4 Å². The second-order valence-electron chi connectivity index (χ2n) is 9.54. The minimum Gasteiger partial charge on any atom is -0.376 e. The van der Waals surface area contributed by atoms with E-state index in [1.54, 1.807) is 39.9 Å². The minimum atomic E-state index is -3.75. The Labute approximate surface area is 223 Å². The van der Waals surface area contributed by atoms with Crippen molar-refractivity contribution in [2.24, 2.45) is 0 Å². The third-order valence-corrected chi connectivity index (χ3v) is 8.27. The molecular formula is C30H31N3O4S. The van der Waals surface area contributed by atoms with E-state index < -0.39 is 9.84 Å². The minimum absolute atomic E-state index is 0.00410. The van der Waals surface area contributed by atoms with Gasteiger partial charge in [0.1, 0.15) is 0 Å². The first-order chi connectivity index (χ1) is 18.5. The third-order valence-electron chi connectivity index (χ3n) is 6.67. The van der Waals surface area contributed by atoms with E-state index in [2.05, 4.69) is 4.98 Å². The van der Waals surface area contributed by atoms with Gasteiger partial charge in [-0.3, -0.25) is 4.79 Å². The smallest absolute Gasteiger partial charge is 0.254 e. The van der Waals surface area contributed by atoms with Crippen LogP contribution in [0, 0.1) is 0 Å². The van der Waals surface area contributed by atoms with Crippen molar-refractivity contribution < 1.29 is 17.9 Å². The second-order valence-corrected chi connectivity index (χ2v) is 11.4. The van der Waals surface area contributed by atoms with E-state index in [9.17, 15) is 13.2 Å². The maximum absolute atomic E-state index is 13.6. The zero-order valence-corrected chi connectivity index (χ0v) is 22.0. The molecule has 3 aromatic carbocycles. The van der Waals surface area contributed by atoms with Gasteiger partial charge in [-0.15, -0.1) is 0 Å². The van der Waals surface area contributed by atoms with Gasteiger partial charge in [0, 0.05) is 18.7 Å². The Balaban J connectivity index is 1.50. The fraction of sp³-hybridized carbons (Fsp3) is 0.267. The molecule has 4 aromatic rings. The van der Waals surface area contributed by atoms with E-state index in [1.165, 1.54) is 0 Å². The molecule has 1 aliphatic heterocycles. The molecule has 1 aromatic heterocycles. The molecule has 0 bridgehead atoms. The molecule has 1 atom stereocenters. The number of ether oxygens (including phenoxy) is 1. The number of imidazole rings is 1. The Bertz CT molecular complexity index is 1450. The van der Waals surface area contributed by atoms with Gasteiger partial charge < -0.3 is 14.2 Å². The number of aromatic nitrogens is 2. The lowest BCUT2D eigenvalue weighted by molar-refractivity contribution is 0.0501. The fourth-order valence-electron chi connectivity index (χ4n) is 4.77. The van der Waals surface area contributed by atoms with Crippen LogP contribution in [0.4, 0.5) is 0 Å². The van der Waals surface area contributed by atoms with Crippen molar-refractivity contribution in [2.75, 3.05) is 13.2 Å². The molecular weight excluding hydrogens is 498 g/mol. The van der Waals surface area contributed by atoms with Crippen molar-refractivity contribution in [1.29, 1.82) is 0 Å². The normalized spacial score (nSPS) is 15.4. The second kappa shape index (κ2) is 11.8. The number of carbonyl (C=O) groups is 1. The van der Waals surface area contributed by atoms with Gasteiger partial charge in [-0.2, -0.15) is 0 Å². The van der Waals surface area contributed by atoms with E-state index >= 15 is 0 Å². The molecule has 5 rings (SSSR count). The van der Waals surface area contributed by atoms with Crippen LogP contribution in [-0.2, 0) is 33.4 Å². The summed E-state index contributed by atoms with van der Waals surface area (Å²) in [5.41, 5.74) is 2.88. The van der Waals surface area contributed by atoms with Gasteiger partial charge in [0.15, 0.2) is 0 Å². The highest BCUT2D eigenvalue weighted by Crippen LogP contribution is 2.22. The number of hydrogen-bond donors (Lipinski definition) is 0. The molecule has 7 nitrogen and oxygen atoms in total. The predicted octanol–water partition coefficient (Wildman–Crippen LogP) is 4.73. The number of rotatable bonds is 10. The number of nitrogens with zero attached hydrogens (tertiary/aromatic N) is 3. The van der Waals surface area contributed by atoms with Crippen LogP contribution in [0.25, 0.3) is 0 Å². The number of carbonyl (C=O) groups excluding carboxylic acids is 1. The van der Waals surface area contributed by atoms with E-state index in [1.807, 2.05) is 66.7 Å². The highest BCUT2D eigenvalue weighted by atomic mass is 32.2. The highest BCUT2D eigenvalue weighted by molar-refractivity contribution is 7.90. The largest absolute Gasteiger partial charge is 0.376 e. The van der Waals surface area contributed by atoms with Crippen molar-refractivity contribution in [3.8, 4) is 0 Å². The van der Waals surface area contributed by atoms with E-state index in [4.69, 9.17) is 4.74 Å². The standard InChI is InChI=1S/C30H31N3O4S/c34-29(26-15-8-3-9-16-26)32(22-28-17-10-18-37-28)21-27-19-31-30(33(27)20-24-11-4-1-5-12-24)38(35,36)23-25-13-6-2-7-14-25/h1-9,11-16,19,28H,10,17-18,20-23H2/t28-/m1/s1. The summed E-state index contributed by atoms with van der Waals surface area (Å²) >= 11 is 0. The summed E-state index contributed by atoms with van der Waals surface area (Å²) in [6.45, 7) is 1.66. The Morgan fingerprint density at radius 3 is 2.18 bits per heavy atom. The highest BCUT2D eigenvalue weighted by Gasteiger charge is 2.28. The molecule has 1 saturated heterocycles. The molecule has 0 N–H and O–H groups in total. The van der Waals surface area contributed by atoms with Crippen molar-refractivity contribution in [2.45, 2.75) is 42.9 Å². The fourth-order valence-corrected chi connectivity index (χ4v) is 6.26. The molecule has 196 valence electrons. The van der Waals surface area contributed by atoms with Crippen LogP contribution in [-0.4, -0.2) is 48.0 Å². The van der Waals surface area contributed by atoms with Crippen LogP contribution in [0.15, 0.2) is 102 Å². The van der Waals surface area contributed by atoms with Gasteiger partial charge in [0.05, 0.1) is 36.8 Å². The molecule has 1 fully saturated rings. The topological polar surface area (TPSA) is 81.5 Å². The summed E-state index contributed by atoms with van der Waals surface area (Å²) in [6.07, 6.45) is 3.39. The van der Waals surface area contributed by atoms with Crippen LogP contribution < -0.4 is 0 Å². The molecule has 0 aliphatic carbocycles. The quantitative estimate of drug-likeness (QED) is 0.297. The molecule has 8 heteroatoms. The molecule has 38 heavy (non-hydrogen) atoms. The summed E-state index contributed by atoms with van der Waals surface area (Å²) < 4.78 is 34.7. The van der Waals surface area contributed by atoms with Crippen molar-refractivity contribution in [1.82, 2.24) is 14.5 Å². The average molecular weight is 530 g/mol. The molecule has 0 saturated carbocycles. The Hall–Kier alpha value is -3.75. The molecule has 0 spiro atoms. The van der Waals surface area contributed by atoms with Crippen molar-refractivity contribution in [3.63, 3.8) is 0 Å². The predicted molar refractivity (Wildman–Crippen MR) is 145 cm³/mol. The summed E-state index contributed by atoms with van der Waals surface area (Å²) in [6, 6.07) is 27.9. The number of benzene rings is 3. The van der Waals surface area contributed by atoms with Crippen LogP contribution in [0.2, 0.25) is 0 Å². The number of hydrogen-bond acceptors (Lipinski definition) is 5. The molecule has 0 unspecified atom stereocenters. The zero-order valence-electron chi connectivity index (χ0n) is 21.1. The van der Waals surface area contributed by atoms with Gasteiger partial charge in [0.25, 0.3) is 5.91 Å². The zero-order chi connectivity index (χ0) is 26.4. The molecule has 0 radical (unpaired) electrons. The Morgan fingerprint density at radius 2 is 1.55 bits per heavy atom. The SMILES string of the molecule is O=C(c1ccccc1)N(Cc1cnc(S(=O)(=O)Cc2ccccc2)n1Cc1ccccc1)C[C@H]1CCCO1. The van der Waals surface area contributed by atoms with Gasteiger partial charge in [-0.1, -0.05) is 78.9 Å². The lowest BCUT2D eigenvalue weighted by Gasteiger charge is -2.26. The number of amides is 1. The molecule has 1 aliphatic rings. The first kappa shape index (κ1) is 25.9. The van der Waals surface area contributed by atoms with Gasteiger partial charge in [-0.05, 0) is 36.1 Å². The first-order valence-electron chi connectivity index (χ1n) is 12.8. The Kier molecular flexibility index (Phi) is 8.00. The number of sulfone groups is 1. The van der Waals surface area contributed by atoms with Gasteiger partial charge >= 0.3 is 0 Å². The maximum Gasteiger partial charge on any atom is 0.254 e. The summed E-state index contributed by atoms with van der Waals surface area (Å²) in [5.74, 6) is -0.274. The lowest BCUT2D eigenvalue weighted by atomic mass is 10.1. The summed E-state index contributed by atoms with van der Waals surface area (Å²) in [4.78, 5) is 19.7. The van der Waals surface area contributed by atoms with Crippen molar-refractivity contribution >= 4 is 15.7 Å². The first-order valence-corrected chi connectivity index (χ1v) is 14.5. The van der Waals surface area contributed by atoms with Gasteiger partial charge in [0.2, 0.25) is 15.0 Å². The molecule has 1 amide bonds. The van der Waals surface area contributed by atoms with E-state index in [0.29, 0.717) is 36.5 Å². The van der Waals surface area contributed by atoms with Gasteiger partial charge in [-0.25, -0.2) is 13.4 Å². The van der Waals surface area contributed by atoms with Crippen molar-refractivity contribution in [3.05, 3.63) is 120 Å².